The topological polar surface area (TPSA) is 0 Å². The van der Waals surface area contributed by atoms with Crippen LogP contribution in [0.5, 0.6) is 0 Å². The molecule has 0 aromatic heterocycles. The summed E-state index contributed by atoms with van der Waals surface area (Å²) >= 11 is 4.14. The van der Waals surface area contributed by atoms with Crippen molar-refractivity contribution < 1.29 is 0 Å². The van der Waals surface area contributed by atoms with Crippen molar-refractivity contribution in [3.8, 4) is 0 Å². The van der Waals surface area contributed by atoms with Crippen LogP contribution in [0.2, 0.25) is 0 Å². The summed E-state index contributed by atoms with van der Waals surface area (Å²) in [7, 11) is 10.0. The lowest BCUT2D eigenvalue weighted by atomic mass is 10.5. The predicted octanol–water partition coefficient (Wildman–Crippen LogP) is 4.54. The van der Waals surface area contributed by atoms with Crippen molar-refractivity contribution in [2.24, 2.45) is 0 Å². The largest absolute Gasteiger partial charge is 0.160 e. The first-order chi connectivity index (χ1) is 6.45. The molecule has 0 nitrogen and oxygen atoms in total. The smallest absolute Gasteiger partial charge is 0.0341 e. The number of thioether (sulfide) groups is 2. The zero-order valence-corrected chi connectivity index (χ0v) is 12.6. The van der Waals surface area contributed by atoms with E-state index in [4.69, 9.17) is 0 Å². The molecule has 0 radical (unpaired) electrons. The Morgan fingerprint density at radius 1 is 0.692 bits per heavy atom. The van der Waals surface area contributed by atoms with Crippen molar-refractivity contribution in [2.75, 3.05) is 23.0 Å². The van der Waals surface area contributed by atoms with Crippen molar-refractivity contribution >= 4 is 74.6 Å². The van der Waals surface area contributed by atoms with Gasteiger partial charge in [-0.15, -0.1) is 0 Å². The van der Waals surface area contributed by atoms with Gasteiger partial charge in [0.25, 0.3) is 0 Å². The summed E-state index contributed by atoms with van der Waals surface area (Å²) in [5.74, 6) is 5.48. The first-order valence-corrected chi connectivity index (χ1v) is 12.5. The second-order valence-electron chi connectivity index (χ2n) is 2.72. The maximum Gasteiger partial charge on any atom is 0.0341 e. The zero-order valence-electron chi connectivity index (χ0n) is 6.84. The Morgan fingerprint density at radius 2 is 1.15 bits per heavy atom. The van der Waals surface area contributed by atoms with Crippen LogP contribution in [0.4, 0.5) is 0 Å². The highest BCUT2D eigenvalue weighted by molar-refractivity contribution is 9.35. The van der Waals surface area contributed by atoms with E-state index < -0.39 is 0 Å². The zero-order chi connectivity index (χ0) is 8.93. The molecule has 0 aliphatic carbocycles. The van der Waals surface area contributed by atoms with Crippen LogP contribution in [0.1, 0.15) is 0 Å². The molecule has 0 atom stereocenters. The lowest BCUT2D eigenvalue weighted by Gasteiger charge is -2.24. The third-order valence-electron chi connectivity index (χ3n) is 1.62. The maximum atomic E-state index is 2.07. The first-order valence-electron chi connectivity index (χ1n) is 3.93. The average Bonchev–Trinajstić information content (AvgIpc) is 1.96. The monoisotopic (exact) mass is 306 g/mol. The Kier molecular flexibility index (Phi) is 6.34. The molecule has 0 N–H and O–H groups in total. The summed E-state index contributed by atoms with van der Waals surface area (Å²) < 4.78 is 0. The van der Waals surface area contributed by atoms with Crippen molar-refractivity contribution in [3.63, 3.8) is 0 Å². The molecule has 0 unspecified atom stereocenters. The van der Waals surface area contributed by atoms with E-state index in [9.17, 15) is 0 Å². The molecule has 0 saturated carbocycles. The minimum Gasteiger partial charge on any atom is -0.160 e. The molecular weight excluding hydrogens is 297 g/mol. The third kappa shape index (κ3) is 4.44. The van der Waals surface area contributed by atoms with Gasteiger partial charge in [0.1, 0.15) is 0 Å². The van der Waals surface area contributed by atoms with E-state index in [1.807, 2.05) is 29.5 Å². The van der Waals surface area contributed by atoms with Gasteiger partial charge in [-0.1, -0.05) is 21.6 Å². The van der Waals surface area contributed by atoms with E-state index in [0.29, 0.717) is 0 Å². The van der Waals surface area contributed by atoms with Gasteiger partial charge < -0.3 is 0 Å². The highest BCUT2D eigenvalue weighted by atomic mass is 33.8. The fourth-order valence-corrected chi connectivity index (χ4v) is 13.8. The Morgan fingerprint density at radius 3 is 1.46 bits per heavy atom. The summed E-state index contributed by atoms with van der Waals surface area (Å²) in [6.07, 6.45) is 0. The van der Waals surface area contributed by atoms with Crippen molar-refractivity contribution in [2.45, 2.75) is 10.5 Å². The SMILES string of the molecule is C1SCC1SSSSSC1CSC1. The van der Waals surface area contributed by atoms with E-state index in [2.05, 4.69) is 45.1 Å². The van der Waals surface area contributed by atoms with Gasteiger partial charge in [0.05, 0.1) is 0 Å². The first kappa shape index (κ1) is 11.9. The Hall–Kier alpha value is 2.45. The molecule has 2 rings (SSSR count). The van der Waals surface area contributed by atoms with Gasteiger partial charge in [0.2, 0.25) is 0 Å². The summed E-state index contributed by atoms with van der Waals surface area (Å²) in [6.45, 7) is 0. The number of hydrogen-bond acceptors (Lipinski definition) is 7. The molecule has 0 aromatic carbocycles. The molecule has 2 heterocycles. The van der Waals surface area contributed by atoms with Crippen LogP contribution < -0.4 is 0 Å². The highest BCUT2D eigenvalue weighted by Gasteiger charge is 2.20. The van der Waals surface area contributed by atoms with Crippen LogP contribution in [-0.4, -0.2) is 33.5 Å². The van der Waals surface area contributed by atoms with E-state index >= 15 is 0 Å². The van der Waals surface area contributed by atoms with Gasteiger partial charge in [0.15, 0.2) is 0 Å². The summed E-state index contributed by atoms with van der Waals surface area (Å²) in [6, 6.07) is 0. The molecule has 0 bridgehead atoms. The fourth-order valence-electron chi connectivity index (χ4n) is 0.694. The molecule has 13 heavy (non-hydrogen) atoms. The maximum absolute atomic E-state index is 2.07. The predicted molar refractivity (Wildman–Crippen MR) is 80.2 cm³/mol. The minimum absolute atomic E-state index is 0.937. The number of hydrogen-bond donors (Lipinski definition) is 0. The molecule has 2 aliphatic rings. The second-order valence-corrected chi connectivity index (χ2v) is 13.0. The van der Waals surface area contributed by atoms with Gasteiger partial charge in [-0.2, -0.15) is 23.5 Å². The summed E-state index contributed by atoms with van der Waals surface area (Å²) in [4.78, 5) is 0. The Labute approximate surface area is 107 Å². The molecule has 2 fully saturated rings. The molecule has 0 spiro atoms. The average molecular weight is 307 g/mol. The van der Waals surface area contributed by atoms with Gasteiger partial charge in [-0.3, -0.25) is 0 Å². The molecule has 2 aliphatic heterocycles. The molecule has 76 valence electrons. The van der Waals surface area contributed by atoms with E-state index in [-0.39, 0.29) is 0 Å². The van der Waals surface area contributed by atoms with E-state index in [1.165, 1.54) is 23.0 Å². The lowest BCUT2D eigenvalue weighted by Crippen LogP contribution is -2.19. The van der Waals surface area contributed by atoms with Crippen molar-refractivity contribution in [1.29, 1.82) is 0 Å². The molecule has 7 heteroatoms. The fraction of sp³-hybridized carbons (Fsp3) is 1.00. The van der Waals surface area contributed by atoms with Crippen molar-refractivity contribution in [1.82, 2.24) is 0 Å². The van der Waals surface area contributed by atoms with Crippen LogP contribution in [-0.2, 0) is 0 Å². The normalized spacial score (nSPS) is 24.0. The van der Waals surface area contributed by atoms with Crippen LogP contribution in [0.3, 0.4) is 0 Å². The van der Waals surface area contributed by atoms with Crippen LogP contribution in [0, 0.1) is 0 Å². The summed E-state index contributed by atoms with van der Waals surface area (Å²) in [5, 5.41) is 1.87. The standard InChI is InChI=1S/C6H10S7/c1-5(2-7-1)9-11-13-12-10-6-3-8-4-6/h5-6H,1-4H2. The molecule has 0 amide bonds. The Bertz CT molecular complexity index is 128. The lowest BCUT2D eigenvalue weighted by molar-refractivity contribution is 1.09. The number of rotatable bonds is 6. The van der Waals surface area contributed by atoms with Gasteiger partial charge in [-0.25, -0.2) is 0 Å². The highest BCUT2D eigenvalue weighted by Crippen LogP contribution is 2.54. The van der Waals surface area contributed by atoms with Gasteiger partial charge >= 0.3 is 0 Å². The van der Waals surface area contributed by atoms with Crippen LogP contribution in [0.25, 0.3) is 0 Å². The Balaban J connectivity index is 1.36. The molecule has 2 saturated heterocycles. The van der Waals surface area contributed by atoms with Gasteiger partial charge in [0, 0.05) is 33.5 Å². The quantitative estimate of drug-likeness (QED) is 0.515. The van der Waals surface area contributed by atoms with Crippen molar-refractivity contribution in [3.05, 3.63) is 0 Å². The van der Waals surface area contributed by atoms with Crippen LogP contribution >= 0.6 is 74.6 Å². The van der Waals surface area contributed by atoms with E-state index in [0.717, 1.165) is 10.5 Å². The molecular formula is C6H10S7. The van der Waals surface area contributed by atoms with Gasteiger partial charge in [-0.05, 0) is 29.5 Å². The minimum atomic E-state index is 0.937. The van der Waals surface area contributed by atoms with Crippen LogP contribution in [0.15, 0.2) is 0 Å². The third-order valence-corrected chi connectivity index (χ3v) is 14.3. The van der Waals surface area contributed by atoms with E-state index in [1.54, 1.807) is 0 Å². The molecule has 0 aromatic rings. The second kappa shape index (κ2) is 6.91. The summed E-state index contributed by atoms with van der Waals surface area (Å²) in [5.41, 5.74) is 0.